The Morgan fingerprint density at radius 1 is 0.323 bits per heavy atom. The molecule has 0 amide bonds. The fourth-order valence-electron chi connectivity index (χ4n) is 6.36. The van der Waals surface area contributed by atoms with E-state index in [1.807, 2.05) is 0 Å². The maximum atomic E-state index is 12.8. The van der Waals surface area contributed by atoms with Gasteiger partial charge in [-0.2, -0.15) is 0 Å². The second kappa shape index (κ2) is 52.2. The van der Waals surface area contributed by atoms with Crippen LogP contribution in [0.1, 0.15) is 201 Å². The summed E-state index contributed by atoms with van der Waals surface area (Å²) in [5.74, 6) is -1.01. The van der Waals surface area contributed by atoms with Gasteiger partial charge in [0.25, 0.3) is 0 Å². The fraction of sp³-hybridized carbons (Fsp3) is 0.576. The molecule has 0 bridgehead atoms. The Balaban J connectivity index is 4.43. The van der Waals surface area contributed by atoms with E-state index in [1.54, 1.807) is 0 Å². The van der Waals surface area contributed by atoms with E-state index in [2.05, 4.69) is 154 Å². The van der Waals surface area contributed by atoms with E-state index in [1.165, 1.54) is 25.7 Å². The van der Waals surface area contributed by atoms with Crippen LogP contribution in [0, 0.1) is 0 Å². The van der Waals surface area contributed by atoms with Crippen LogP contribution >= 0.6 is 0 Å². The number of rotatable bonds is 44. The van der Waals surface area contributed by atoms with Gasteiger partial charge in [0.1, 0.15) is 13.2 Å². The third-order valence-electron chi connectivity index (χ3n) is 10.2. The van der Waals surface area contributed by atoms with Crippen molar-refractivity contribution in [2.75, 3.05) is 13.2 Å². The predicted molar refractivity (Wildman–Crippen MR) is 279 cm³/mol. The van der Waals surface area contributed by atoms with Gasteiger partial charge in [-0.05, 0) is 109 Å². The van der Waals surface area contributed by atoms with Crippen LogP contribution in [0.2, 0.25) is 0 Å². The summed E-state index contributed by atoms with van der Waals surface area (Å²) in [6.45, 7) is 6.27. The van der Waals surface area contributed by atoms with Crippen LogP contribution in [-0.2, 0) is 28.6 Å². The minimum Gasteiger partial charge on any atom is -0.462 e. The molecule has 0 aromatic rings. The summed E-state index contributed by atoms with van der Waals surface area (Å²) < 4.78 is 16.6. The number of hydrogen-bond donors (Lipinski definition) is 0. The summed E-state index contributed by atoms with van der Waals surface area (Å²) in [5.41, 5.74) is 0. The lowest BCUT2D eigenvalue weighted by molar-refractivity contribution is -0.167. The van der Waals surface area contributed by atoms with E-state index in [9.17, 15) is 14.4 Å². The van der Waals surface area contributed by atoms with Crippen LogP contribution in [0.15, 0.2) is 134 Å². The summed E-state index contributed by atoms with van der Waals surface area (Å²) in [7, 11) is 0. The molecule has 0 saturated heterocycles. The van der Waals surface area contributed by atoms with E-state index in [0.29, 0.717) is 12.8 Å². The maximum Gasteiger partial charge on any atom is 0.306 e. The zero-order valence-corrected chi connectivity index (χ0v) is 41.4. The molecule has 0 fully saturated rings. The maximum absolute atomic E-state index is 12.8. The summed E-state index contributed by atoms with van der Waals surface area (Å²) in [5, 5.41) is 0. The van der Waals surface area contributed by atoms with Crippen molar-refractivity contribution in [3.8, 4) is 0 Å². The van der Waals surface area contributed by atoms with Gasteiger partial charge >= 0.3 is 17.9 Å². The molecule has 0 saturated carbocycles. The van der Waals surface area contributed by atoms with E-state index in [0.717, 1.165) is 128 Å². The lowest BCUT2D eigenvalue weighted by Gasteiger charge is -2.18. The van der Waals surface area contributed by atoms with Crippen LogP contribution in [0.3, 0.4) is 0 Å². The molecular weight excluding hydrogens is 805 g/mol. The largest absolute Gasteiger partial charge is 0.462 e. The third kappa shape index (κ3) is 50.4. The average molecular weight is 897 g/mol. The Hall–Kier alpha value is -4.45. The molecule has 0 aliphatic carbocycles. The van der Waals surface area contributed by atoms with Gasteiger partial charge in [-0.15, -0.1) is 0 Å². The minimum atomic E-state index is -0.816. The molecular formula is C59H92O6. The van der Waals surface area contributed by atoms with E-state index >= 15 is 0 Å². The lowest BCUT2D eigenvalue weighted by Crippen LogP contribution is -2.30. The fourth-order valence-corrected chi connectivity index (χ4v) is 6.36. The number of carbonyl (C=O) groups is 3. The molecule has 0 aliphatic heterocycles. The quantitative estimate of drug-likeness (QED) is 0.0262. The topological polar surface area (TPSA) is 78.9 Å². The number of unbranched alkanes of at least 4 members (excludes halogenated alkanes) is 11. The molecule has 6 heteroatoms. The van der Waals surface area contributed by atoms with Crippen LogP contribution in [-0.4, -0.2) is 37.2 Å². The Bertz CT molecular complexity index is 1450. The van der Waals surface area contributed by atoms with Gasteiger partial charge < -0.3 is 14.2 Å². The zero-order valence-electron chi connectivity index (χ0n) is 41.4. The molecule has 0 rings (SSSR count). The Labute approximate surface area is 398 Å². The number of esters is 3. The zero-order chi connectivity index (χ0) is 47.2. The van der Waals surface area contributed by atoms with E-state index in [-0.39, 0.29) is 44.0 Å². The van der Waals surface area contributed by atoms with Crippen molar-refractivity contribution in [3.05, 3.63) is 134 Å². The third-order valence-corrected chi connectivity index (χ3v) is 10.2. The Kier molecular flexibility index (Phi) is 48.6. The highest BCUT2D eigenvalue weighted by Gasteiger charge is 2.19. The molecule has 0 aromatic carbocycles. The van der Waals surface area contributed by atoms with E-state index < -0.39 is 6.10 Å². The highest BCUT2D eigenvalue weighted by molar-refractivity contribution is 5.71. The molecule has 0 N–H and O–H groups in total. The van der Waals surface area contributed by atoms with Crippen LogP contribution < -0.4 is 0 Å². The van der Waals surface area contributed by atoms with Gasteiger partial charge in [-0.3, -0.25) is 14.4 Å². The average Bonchev–Trinajstić information content (AvgIpc) is 3.30. The molecule has 364 valence electrons. The van der Waals surface area contributed by atoms with Crippen LogP contribution in [0.25, 0.3) is 0 Å². The van der Waals surface area contributed by atoms with Crippen molar-refractivity contribution in [3.63, 3.8) is 0 Å². The van der Waals surface area contributed by atoms with Crippen molar-refractivity contribution in [1.82, 2.24) is 0 Å². The van der Waals surface area contributed by atoms with Gasteiger partial charge in [0.15, 0.2) is 6.10 Å². The van der Waals surface area contributed by atoms with Crippen LogP contribution in [0.5, 0.6) is 0 Å². The van der Waals surface area contributed by atoms with E-state index in [4.69, 9.17) is 14.2 Å². The van der Waals surface area contributed by atoms with Gasteiger partial charge in [-0.1, -0.05) is 206 Å². The molecule has 1 atom stereocenters. The van der Waals surface area contributed by atoms with Crippen LogP contribution in [0.4, 0.5) is 0 Å². The first-order valence-electron chi connectivity index (χ1n) is 25.7. The normalized spacial score (nSPS) is 13.2. The number of allylic oxidation sites excluding steroid dienone is 22. The lowest BCUT2D eigenvalue weighted by atomic mass is 10.1. The molecule has 0 aromatic heterocycles. The number of carbonyl (C=O) groups excluding carboxylic acids is 3. The molecule has 65 heavy (non-hydrogen) atoms. The molecule has 0 aliphatic rings. The van der Waals surface area contributed by atoms with Crippen molar-refractivity contribution >= 4 is 17.9 Å². The Morgan fingerprint density at radius 2 is 0.615 bits per heavy atom. The Morgan fingerprint density at radius 3 is 1.00 bits per heavy atom. The van der Waals surface area contributed by atoms with Crippen molar-refractivity contribution < 1.29 is 28.6 Å². The smallest absolute Gasteiger partial charge is 0.306 e. The first kappa shape index (κ1) is 60.5. The first-order chi connectivity index (χ1) is 32.0. The summed E-state index contributed by atoms with van der Waals surface area (Å²) in [6.07, 6.45) is 73.1. The first-order valence-corrected chi connectivity index (χ1v) is 25.7. The standard InChI is InChI=1S/C59H92O6/c1-4-7-10-13-16-18-20-22-24-26-27-28-29-30-31-33-34-36-38-40-43-46-49-52-58(61)64-55-56(54-63-57(60)51-48-45-42-15-12-9-6-3)65-59(62)53-50-47-44-41-39-37-35-32-25-23-21-19-17-14-11-8-5-2/h7-8,10-11,16-19,22-25,27-28,30-31,34-37,40,43,56H,4-6,9,12-15,20-21,26,29,32-33,38-39,41-42,44-55H2,1-3H3/b10-7-,11-8-,18-16-,19-17-,24-22-,25-23-,28-27-,31-30-,36-34-,37-35-,43-40-. The highest BCUT2D eigenvalue weighted by Crippen LogP contribution is 2.12. The van der Waals surface area contributed by atoms with Gasteiger partial charge in [0, 0.05) is 19.3 Å². The summed E-state index contributed by atoms with van der Waals surface area (Å²) in [4.78, 5) is 37.8. The van der Waals surface area contributed by atoms with Gasteiger partial charge in [0.05, 0.1) is 0 Å². The van der Waals surface area contributed by atoms with Crippen molar-refractivity contribution in [1.29, 1.82) is 0 Å². The molecule has 6 nitrogen and oxygen atoms in total. The van der Waals surface area contributed by atoms with Gasteiger partial charge in [0.2, 0.25) is 0 Å². The minimum absolute atomic E-state index is 0.111. The summed E-state index contributed by atoms with van der Waals surface area (Å²) >= 11 is 0. The summed E-state index contributed by atoms with van der Waals surface area (Å²) in [6, 6.07) is 0. The van der Waals surface area contributed by atoms with Crippen molar-refractivity contribution in [2.24, 2.45) is 0 Å². The molecule has 0 heterocycles. The second-order valence-corrected chi connectivity index (χ2v) is 16.3. The molecule has 0 spiro atoms. The second-order valence-electron chi connectivity index (χ2n) is 16.3. The SMILES string of the molecule is CC/C=C\C/C=C\C/C=C\C/C=C\C/C=C\C/C=C\C/C=C\CCCC(=O)OCC(COC(=O)CCCCCCCCC)OC(=O)CCCCCC/C=C\C/C=C\C/C=C\C/C=C\CC. The predicted octanol–water partition coefficient (Wildman–Crippen LogP) is 17.1. The molecule has 0 radical (unpaired) electrons. The molecule has 1 unspecified atom stereocenters. The number of hydrogen-bond acceptors (Lipinski definition) is 6. The van der Waals surface area contributed by atoms with Gasteiger partial charge in [-0.25, -0.2) is 0 Å². The monoisotopic (exact) mass is 897 g/mol. The number of ether oxygens (including phenoxy) is 3. The van der Waals surface area contributed by atoms with Crippen molar-refractivity contribution in [2.45, 2.75) is 207 Å². The highest BCUT2D eigenvalue weighted by atomic mass is 16.6.